The number of hydrogen-bond acceptors (Lipinski definition) is 7. The lowest BCUT2D eigenvalue weighted by Crippen LogP contribution is -2.21. The lowest BCUT2D eigenvalue weighted by atomic mass is 10.2. The van der Waals surface area contributed by atoms with Gasteiger partial charge in [-0.3, -0.25) is 4.79 Å². The Hall–Kier alpha value is -2.39. The molecule has 122 valence electrons. The van der Waals surface area contributed by atoms with E-state index in [4.69, 9.17) is 16.3 Å². The Kier molecular flexibility index (Phi) is 5.02. The van der Waals surface area contributed by atoms with Crippen molar-refractivity contribution in [3.8, 4) is 0 Å². The molecule has 1 aromatic carbocycles. The molecule has 0 bridgehead atoms. The van der Waals surface area contributed by atoms with Crippen molar-refractivity contribution >= 4 is 39.1 Å². The molecule has 2 rings (SSSR count). The number of esters is 1. The first-order valence-corrected chi connectivity index (χ1v) is 8.41. The van der Waals surface area contributed by atoms with E-state index in [0.29, 0.717) is 0 Å². The highest BCUT2D eigenvalue weighted by atomic mass is 35.5. The van der Waals surface area contributed by atoms with Crippen molar-refractivity contribution in [2.24, 2.45) is 0 Å². The van der Waals surface area contributed by atoms with E-state index in [1.54, 1.807) is 0 Å². The summed E-state index contributed by atoms with van der Waals surface area (Å²) in [6.45, 7) is -0.592. The molecular weight excluding hydrogens is 348 g/mol. The molecular formula is C13H11ClN2O6S. The van der Waals surface area contributed by atoms with Gasteiger partial charge in [-0.15, -0.1) is 0 Å². The van der Waals surface area contributed by atoms with Gasteiger partial charge in [0.2, 0.25) is 0 Å². The third kappa shape index (κ3) is 4.54. The van der Waals surface area contributed by atoms with Crippen LogP contribution in [0.25, 0.3) is 0 Å². The number of benzene rings is 1. The maximum atomic E-state index is 11.9. The lowest BCUT2D eigenvalue weighted by Gasteiger charge is -2.07. The van der Waals surface area contributed by atoms with Crippen LogP contribution in [0.2, 0.25) is 5.02 Å². The van der Waals surface area contributed by atoms with Gasteiger partial charge in [-0.25, -0.2) is 13.2 Å². The number of anilines is 1. The second kappa shape index (κ2) is 6.80. The highest BCUT2D eigenvalue weighted by Gasteiger charge is 2.18. The number of nitrogens with one attached hydrogen (secondary N) is 1. The molecule has 0 aliphatic rings. The Morgan fingerprint density at radius 3 is 2.70 bits per heavy atom. The Morgan fingerprint density at radius 2 is 2.09 bits per heavy atom. The average Bonchev–Trinajstić information content (AvgIpc) is 2.97. The minimum absolute atomic E-state index is 0.0132. The Morgan fingerprint density at radius 1 is 1.35 bits per heavy atom. The summed E-state index contributed by atoms with van der Waals surface area (Å²) < 4.78 is 32.3. The zero-order valence-corrected chi connectivity index (χ0v) is 13.3. The van der Waals surface area contributed by atoms with Crippen LogP contribution in [0.1, 0.15) is 10.4 Å². The van der Waals surface area contributed by atoms with Crippen LogP contribution in [0.5, 0.6) is 0 Å². The van der Waals surface area contributed by atoms with E-state index >= 15 is 0 Å². The third-order valence-electron chi connectivity index (χ3n) is 2.63. The molecule has 2 aromatic rings. The zero-order chi connectivity index (χ0) is 17.0. The van der Waals surface area contributed by atoms with Crippen LogP contribution in [0.4, 0.5) is 5.82 Å². The molecule has 0 atom stereocenters. The van der Waals surface area contributed by atoms with E-state index in [0.717, 1.165) is 12.3 Å². The van der Waals surface area contributed by atoms with Crippen LogP contribution < -0.4 is 5.32 Å². The number of hydrogen-bond donors (Lipinski definition) is 1. The third-order valence-corrected chi connectivity index (χ3v) is 4.07. The molecule has 0 aliphatic carbocycles. The number of halogens is 1. The van der Waals surface area contributed by atoms with Gasteiger partial charge in [-0.2, -0.15) is 0 Å². The second-order valence-corrected chi connectivity index (χ2v) is 6.85. The van der Waals surface area contributed by atoms with Gasteiger partial charge >= 0.3 is 5.97 Å². The van der Waals surface area contributed by atoms with Crippen molar-refractivity contribution in [1.82, 2.24) is 5.16 Å². The number of carbonyl (C=O) groups is 2. The number of rotatable bonds is 5. The second-order valence-electron chi connectivity index (χ2n) is 4.42. The summed E-state index contributed by atoms with van der Waals surface area (Å²) in [7, 11) is -3.51. The smallest absolute Gasteiger partial charge is 0.340 e. The molecule has 1 amide bonds. The molecule has 0 aliphatic heterocycles. The molecule has 1 heterocycles. The van der Waals surface area contributed by atoms with Crippen LogP contribution in [-0.4, -0.2) is 38.3 Å². The number of amides is 1. The topological polar surface area (TPSA) is 116 Å². The van der Waals surface area contributed by atoms with Gasteiger partial charge in [0.1, 0.15) is 6.26 Å². The van der Waals surface area contributed by atoms with Crippen molar-refractivity contribution in [3.63, 3.8) is 0 Å². The van der Waals surface area contributed by atoms with Gasteiger partial charge in [0.05, 0.1) is 15.5 Å². The first-order valence-electron chi connectivity index (χ1n) is 6.14. The quantitative estimate of drug-likeness (QED) is 0.805. The summed E-state index contributed by atoms with van der Waals surface area (Å²) in [5, 5.41) is 5.80. The zero-order valence-electron chi connectivity index (χ0n) is 11.8. The van der Waals surface area contributed by atoms with Crippen LogP contribution >= 0.6 is 11.6 Å². The van der Waals surface area contributed by atoms with Gasteiger partial charge in [0, 0.05) is 12.3 Å². The molecule has 0 radical (unpaired) electrons. The van der Waals surface area contributed by atoms with Gasteiger partial charge in [0.15, 0.2) is 22.3 Å². The van der Waals surface area contributed by atoms with Crippen LogP contribution in [0.3, 0.4) is 0 Å². The monoisotopic (exact) mass is 358 g/mol. The SMILES string of the molecule is CS(=O)(=O)c1ccc(Cl)c(C(=O)OCC(=O)Nc2ccon2)c1. The lowest BCUT2D eigenvalue weighted by molar-refractivity contribution is -0.119. The van der Waals surface area contributed by atoms with Crippen molar-refractivity contribution in [2.45, 2.75) is 4.90 Å². The van der Waals surface area contributed by atoms with E-state index in [9.17, 15) is 18.0 Å². The Balaban J connectivity index is 2.04. The summed E-state index contributed by atoms with van der Waals surface area (Å²) >= 11 is 5.85. The number of carbonyl (C=O) groups excluding carboxylic acids is 2. The molecule has 1 N–H and O–H groups in total. The fourth-order valence-corrected chi connectivity index (χ4v) is 2.40. The largest absolute Gasteiger partial charge is 0.452 e. The maximum Gasteiger partial charge on any atom is 0.340 e. The van der Waals surface area contributed by atoms with Gasteiger partial charge in [-0.1, -0.05) is 16.8 Å². The highest BCUT2D eigenvalue weighted by Crippen LogP contribution is 2.21. The minimum Gasteiger partial charge on any atom is -0.452 e. The molecule has 0 saturated heterocycles. The molecule has 0 saturated carbocycles. The van der Waals surface area contributed by atoms with Crippen molar-refractivity contribution in [3.05, 3.63) is 41.1 Å². The highest BCUT2D eigenvalue weighted by molar-refractivity contribution is 7.90. The fourth-order valence-electron chi connectivity index (χ4n) is 1.56. The van der Waals surface area contributed by atoms with Crippen molar-refractivity contribution < 1.29 is 27.3 Å². The van der Waals surface area contributed by atoms with E-state index in [1.807, 2.05) is 0 Å². The molecule has 0 spiro atoms. The predicted octanol–water partition coefficient (Wildman–Crippen LogP) is 1.53. The van der Waals surface area contributed by atoms with Crippen LogP contribution in [0, 0.1) is 0 Å². The Bertz CT molecular complexity index is 832. The standard InChI is InChI=1S/C13H11ClN2O6S/c1-23(19,20)8-2-3-10(14)9(6-8)13(18)21-7-12(17)15-11-4-5-22-16-11/h2-6H,7H2,1H3,(H,15,16,17). The molecule has 8 nitrogen and oxygen atoms in total. The fraction of sp³-hybridized carbons (Fsp3) is 0.154. The van der Waals surface area contributed by atoms with Crippen LogP contribution in [0.15, 0.2) is 39.9 Å². The average molecular weight is 359 g/mol. The number of nitrogens with zero attached hydrogens (tertiary/aromatic N) is 1. The number of sulfone groups is 1. The summed E-state index contributed by atoms with van der Waals surface area (Å²) in [4.78, 5) is 23.4. The first kappa shape index (κ1) is 17.0. The van der Waals surface area contributed by atoms with E-state index in [-0.39, 0.29) is 21.3 Å². The molecule has 10 heteroatoms. The number of aromatic nitrogens is 1. The summed E-state index contributed by atoms with van der Waals surface area (Å²) in [5.41, 5.74) is -0.149. The van der Waals surface area contributed by atoms with E-state index < -0.39 is 28.3 Å². The van der Waals surface area contributed by atoms with Crippen molar-refractivity contribution in [2.75, 3.05) is 18.2 Å². The van der Waals surface area contributed by atoms with E-state index in [2.05, 4.69) is 15.0 Å². The predicted molar refractivity (Wildman–Crippen MR) is 80.0 cm³/mol. The van der Waals surface area contributed by atoms with Crippen molar-refractivity contribution in [1.29, 1.82) is 0 Å². The Labute approximate surface area is 136 Å². The first-order chi connectivity index (χ1) is 10.8. The minimum atomic E-state index is -3.51. The molecule has 23 heavy (non-hydrogen) atoms. The van der Waals surface area contributed by atoms with Gasteiger partial charge in [0.25, 0.3) is 5.91 Å². The molecule has 0 unspecified atom stereocenters. The maximum absolute atomic E-state index is 11.9. The van der Waals surface area contributed by atoms with E-state index in [1.165, 1.54) is 24.5 Å². The summed E-state index contributed by atoms with van der Waals surface area (Å²) in [6, 6.07) is 5.04. The van der Waals surface area contributed by atoms with Gasteiger partial charge in [-0.05, 0) is 18.2 Å². The summed E-state index contributed by atoms with van der Waals surface area (Å²) in [5.74, 6) is -1.39. The number of ether oxygens (including phenoxy) is 1. The summed E-state index contributed by atoms with van der Waals surface area (Å²) in [6.07, 6.45) is 2.26. The van der Waals surface area contributed by atoms with Gasteiger partial charge < -0.3 is 14.6 Å². The molecule has 1 aromatic heterocycles. The normalized spacial score (nSPS) is 11.0. The van der Waals surface area contributed by atoms with Crippen LogP contribution in [-0.2, 0) is 19.4 Å². The molecule has 0 fully saturated rings.